The van der Waals surface area contributed by atoms with Crippen LogP contribution in [0.5, 0.6) is 0 Å². The SMILES string of the molecule is CC(C)(C)OC(=O)N1CCc2cc(CC3CCC(=O)NC3=O)ccc2C1. The average Bonchev–Trinajstić information content (AvgIpc) is 2.55. The summed E-state index contributed by atoms with van der Waals surface area (Å²) in [6.45, 7) is 6.77. The van der Waals surface area contributed by atoms with Gasteiger partial charge in [-0.05, 0) is 56.7 Å². The molecule has 0 spiro atoms. The van der Waals surface area contributed by atoms with Crippen molar-refractivity contribution in [2.45, 2.75) is 58.6 Å². The summed E-state index contributed by atoms with van der Waals surface area (Å²) >= 11 is 0. The highest BCUT2D eigenvalue weighted by Gasteiger charge is 2.28. The molecule has 3 rings (SSSR count). The van der Waals surface area contributed by atoms with Gasteiger partial charge in [0, 0.05) is 25.4 Å². The van der Waals surface area contributed by atoms with E-state index in [2.05, 4.69) is 11.4 Å². The van der Waals surface area contributed by atoms with Gasteiger partial charge in [-0.3, -0.25) is 14.9 Å². The van der Waals surface area contributed by atoms with Crippen LogP contribution in [0.4, 0.5) is 4.79 Å². The van der Waals surface area contributed by atoms with E-state index in [9.17, 15) is 14.4 Å². The highest BCUT2D eigenvalue weighted by molar-refractivity contribution is 5.98. The molecule has 0 radical (unpaired) electrons. The molecule has 26 heavy (non-hydrogen) atoms. The van der Waals surface area contributed by atoms with Crippen LogP contribution in [0.3, 0.4) is 0 Å². The molecule has 0 saturated carbocycles. The third-order valence-electron chi connectivity index (χ3n) is 4.77. The molecule has 1 aromatic rings. The lowest BCUT2D eigenvalue weighted by atomic mass is 9.89. The van der Waals surface area contributed by atoms with E-state index in [1.54, 1.807) is 4.90 Å². The van der Waals surface area contributed by atoms with Crippen LogP contribution in [-0.2, 0) is 33.7 Å². The first-order valence-corrected chi connectivity index (χ1v) is 9.13. The van der Waals surface area contributed by atoms with Gasteiger partial charge in [0.25, 0.3) is 0 Å². The van der Waals surface area contributed by atoms with Gasteiger partial charge < -0.3 is 9.64 Å². The van der Waals surface area contributed by atoms with Crippen molar-refractivity contribution < 1.29 is 19.1 Å². The monoisotopic (exact) mass is 358 g/mol. The molecule has 2 heterocycles. The number of fused-ring (bicyclic) bond motifs is 1. The topological polar surface area (TPSA) is 75.7 Å². The van der Waals surface area contributed by atoms with Crippen LogP contribution >= 0.6 is 0 Å². The van der Waals surface area contributed by atoms with Crippen LogP contribution in [0.15, 0.2) is 18.2 Å². The second-order valence-corrected chi connectivity index (χ2v) is 8.11. The predicted octanol–water partition coefficient (Wildman–Crippen LogP) is 2.58. The number of benzene rings is 1. The maximum absolute atomic E-state index is 12.2. The van der Waals surface area contributed by atoms with Crippen molar-refractivity contribution >= 4 is 17.9 Å². The largest absolute Gasteiger partial charge is 0.444 e. The standard InChI is InChI=1S/C20H26N2O4/c1-20(2,3)26-19(25)22-9-8-14-10-13(4-5-16(14)12-22)11-15-6-7-17(23)21-18(15)24/h4-5,10,15H,6-9,11-12H2,1-3H3,(H,21,23,24). The summed E-state index contributed by atoms with van der Waals surface area (Å²) in [6.07, 6.45) is 2.15. The van der Waals surface area contributed by atoms with Crippen molar-refractivity contribution in [1.29, 1.82) is 0 Å². The summed E-state index contributed by atoms with van der Waals surface area (Å²) in [5.41, 5.74) is 2.94. The number of nitrogens with zero attached hydrogens (tertiary/aromatic N) is 1. The molecule has 0 aliphatic carbocycles. The van der Waals surface area contributed by atoms with Crippen molar-refractivity contribution in [3.63, 3.8) is 0 Å². The Kier molecular flexibility index (Phi) is 5.03. The van der Waals surface area contributed by atoms with E-state index in [0.29, 0.717) is 32.4 Å². The molecule has 0 aromatic heterocycles. The number of carbonyl (C=O) groups is 3. The van der Waals surface area contributed by atoms with Gasteiger partial charge in [-0.25, -0.2) is 4.79 Å². The Labute approximate surface area is 153 Å². The first kappa shape index (κ1) is 18.4. The molecule has 6 heteroatoms. The summed E-state index contributed by atoms with van der Waals surface area (Å²) in [5.74, 6) is -0.499. The molecule has 0 bridgehead atoms. The minimum Gasteiger partial charge on any atom is -0.444 e. The smallest absolute Gasteiger partial charge is 0.410 e. The minimum atomic E-state index is -0.497. The first-order valence-electron chi connectivity index (χ1n) is 9.13. The van der Waals surface area contributed by atoms with Gasteiger partial charge >= 0.3 is 6.09 Å². The van der Waals surface area contributed by atoms with Crippen LogP contribution in [0, 0.1) is 5.92 Å². The van der Waals surface area contributed by atoms with E-state index in [4.69, 9.17) is 4.74 Å². The number of hydrogen-bond donors (Lipinski definition) is 1. The number of piperidine rings is 1. The number of ether oxygens (including phenoxy) is 1. The van der Waals surface area contributed by atoms with Crippen molar-refractivity contribution in [3.05, 3.63) is 34.9 Å². The van der Waals surface area contributed by atoms with E-state index in [1.807, 2.05) is 32.9 Å². The van der Waals surface area contributed by atoms with Crippen molar-refractivity contribution in [2.24, 2.45) is 5.92 Å². The number of carbonyl (C=O) groups excluding carboxylic acids is 3. The molecule has 6 nitrogen and oxygen atoms in total. The zero-order valence-corrected chi connectivity index (χ0v) is 15.6. The molecule has 1 atom stereocenters. The molecule has 1 saturated heterocycles. The molecule has 1 unspecified atom stereocenters. The summed E-state index contributed by atoms with van der Waals surface area (Å²) < 4.78 is 5.45. The molecule has 2 aliphatic rings. The second-order valence-electron chi connectivity index (χ2n) is 8.11. The van der Waals surface area contributed by atoms with Crippen LogP contribution in [0.1, 0.15) is 50.3 Å². The molecule has 3 amide bonds. The molecule has 2 aliphatic heterocycles. The fraction of sp³-hybridized carbons (Fsp3) is 0.550. The maximum atomic E-state index is 12.2. The summed E-state index contributed by atoms with van der Waals surface area (Å²) in [7, 11) is 0. The predicted molar refractivity (Wildman–Crippen MR) is 96.4 cm³/mol. The fourth-order valence-corrected chi connectivity index (χ4v) is 3.43. The summed E-state index contributed by atoms with van der Waals surface area (Å²) in [5, 5.41) is 2.41. The zero-order chi connectivity index (χ0) is 18.9. The van der Waals surface area contributed by atoms with Crippen LogP contribution in [0.2, 0.25) is 0 Å². The summed E-state index contributed by atoms with van der Waals surface area (Å²) in [4.78, 5) is 37.2. The lowest BCUT2D eigenvalue weighted by Gasteiger charge is -2.31. The Bertz CT molecular complexity index is 736. The lowest BCUT2D eigenvalue weighted by molar-refractivity contribution is -0.136. The molecule has 1 N–H and O–H groups in total. The third kappa shape index (κ3) is 4.42. The fourth-order valence-electron chi connectivity index (χ4n) is 3.43. The quantitative estimate of drug-likeness (QED) is 0.825. The van der Waals surface area contributed by atoms with E-state index in [0.717, 1.165) is 17.5 Å². The highest BCUT2D eigenvalue weighted by Crippen LogP contribution is 2.25. The number of rotatable bonds is 2. The van der Waals surface area contributed by atoms with Crippen LogP contribution in [-0.4, -0.2) is 35.0 Å². The van der Waals surface area contributed by atoms with Gasteiger partial charge in [0.15, 0.2) is 0 Å². The number of amides is 3. The van der Waals surface area contributed by atoms with E-state index in [-0.39, 0.29) is 23.8 Å². The van der Waals surface area contributed by atoms with E-state index in [1.165, 1.54) is 5.56 Å². The van der Waals surface area contributed by atoms with E-state index < -0.39 is 5.60 Å². The van der Waals surface area contributed by atoms with Crippen molar-refractivity contribution in [2.75, 3.05) is 6.54 Å². The van der Waals surface area contributed by atoms with Gasteiger partial charge in [0.2, 0.25) is 11.8 Å². The Hall–Kier alpha value is -2.37. The van der Waals surface area contributed by atoms with Gasteiger partial charge in [-0.2, -0.15) is 0 Å². The average molecular weight is 358 g/mol. The van der Waals surface area contributed by atoms with Gasteiger partial charge in [0.05, 0.1) is 0 Å². The van der Waals surface area contributed by atoms with Crippen molar-refractivity contribution in [1.82, 2.24) is 10.2 Å². The normalized spacial score (nSPS) is 20.4. The van der Waals surface area contributed by atoms with Gasteiger partial charge in [-0.1, -0.05) is 18.2 Å². The van der Waals surface area contributed by atoms with E-state index >= 15 is 0 Å². The molecule has 140 valence electrons. The van der Waals surface area contributed by atoms with Crippen molar-refractivity contribution in [3.8, 4) is 0 Å². The Morgan fingerprint density at radius 2 is 2.00 bits per heavy atom. The maximum Gasteiger partial charge on any atom is 0.410 e. The van der Waals surface area contributed by atoms with Crippen LogP contribution in [0.25, 0.3) is 0 Å². The van der Waals surface area contributed by atoms with Gasteiger partial charge in [-0.15, -0.1) is 0 Å². The number of imide groups is 1. The Morgan fingerprint density at radius 1 is 1.23 bits per heavy atom. The zero-order valence-electron chi connectivity index (χ0n) is 15.6. The molecule has 1 aromatic carbocycles. The summed E-state index contributed by atoms with van der Waals surface area (Å²) in [6, 6.07) is 6.18. The lowest BCUT2D eigenvalue weighted by Crippen LogP contribution is -2.41. The highest BCUT2D eigenvalue weighted by atomic mass is 16.6. The minimum absolute atomic E-state index is 0.146. The molecular formula is C20H26N2O4. The number of hydrogen-bond acceptors (Lipinski definition) is 4. The van der Waals surface area contributed by atoms with Gasteiger partial charge in [0.1, 0.15) is 5.60 Å². The number of nitrogens with one attached hydrogen (secondary N) is 1. The van der Waals surface area contributed by atoms with Crippen LogP contribution < -0.4 is 5.32 Å². The first-order chi connectivity index (χ1) is 12.2. The molecular weight excluding hydrogens is 332 g/mol. The Morgan fingerprint density at radius 3 is 2.69 bits per heavy atom. The Balaban J connectivity index is 1.64. The second kappa shape index (κ2) is 7.09. The molecule has 1 fully saturated rings. The third-order valence-corrected chi connectivity index (χ3v) is 4.77.